The van der Waals surface area contributed by atoms with Crippen LogP contribution in [-0.2, 0) is 17.9 Å². The molecule has 0 aliphatic carbocycles. The molecule has 0 aromatic heterocycles. The summed E-state index contributed by atoms with van der Waals surface area (Å²) in [6, 6.07) is 23.4. The maximum atomic E-state index is 12.7. The summed E-state index contributed by atoms with van der Waals surface area (Å²) in [6.07, 6.45) is 0. The Balaban J connectivity index is 1.36. The van der Waals surface area contributed by atoms with Crippen LogP contribution in [0.2, 0.25) is 5.02 Å². The van der Waals surface area contributed by atoms with Crippen LogP contribution in [0.25, 0.3) is 0 Å². The van der Waals surface area contributed by atoms with Crippen LogP contribution in [0.15, 0.2) is 72.8 Å². The van der Waals surface area contributed by atoms with Gasteiger partial charge in [0.15, 0.2) is 0 Å². The fourth-order valence-electron chi connectivity index (χ4n) is 4.18. The number of nitrogens with one attached hydrogen (secondary N) is 1. The molecule has 1 aliphatic heterocycles. The van der Waals surface area contributed by atoms with Crippen LogP contribution in [0.1, 0.15) is 46.3 Å². The molecule has 5 nitrogen and oxygen atoms in total. The van der Waals surface area contributed by atoms with E-state index in [1.54, 1.807) is 11.8 Å². The molecule has 1 saturated heterocycles. The molecule has 3 aromatic rings. The first kappa shape index (κ1) is 25.1. The molecule has 1 atom stereocenters. The number of amides is 2. The highest BCUT2D eigenvalue weighted by atomic mass is 35.5. The van der Waals surface area contributed by atoms with Gasteiger partial charge in [-0.1, -0.05) is 48.0 Å². The quantitative estimate of drug-likeness (QED) is 0.392. The van der Waals surface area contributed by atoms with Crippen molar-refractivity contribution in [2.24, 2.45) is 0 Å². The number of thioether (sulfide) groups is 1. The average molecular weight is 508 g/mol. The van der Waals surface area contributed by atoms with Crippen LogP contribution in [0.3, 0.4) is 0 Å². The topological polar surface area (TPSA) is 52.7 Å². The lowest BCUT2D eigenvalue weighted by atomic mass is 10.1. The van der Waals surface area contributed by atoms with E-state index in [0.29, 0.717) is 29.4 Å². The highest BCUT2D eigenvalue weighted by Gasteiger charge is 2.32. The van der Waals surface area contributed by atoms with Crippen molar-refractivity contribution in [3.05, 3.63) is 100 Å². The summed E-state index contributed by atoms with van der Waals surface area (Å²) < 4.78 is 0. The Hall–Kier alpha value is -2.96. The highest BCUT2D eigenvalue weighted by molar-refractivity contribution is 8.00. The SMILES string of the molecule is CCN(CC)c1ccc(CNC(=O)c2ccc(C3SCC(=O)N3Cc3ccc(Cl)cc3)cc2)cc1. The molecular formula is C28H30ClN3O2S. The molecule has 0 bridgehead atoms. The molecule has 1 fully saturated rings. The minimum atomic E-state index is -0.113. The van der Waals surface area contributed by atoms with Gasteiger partial charge in [0.25, 0.3) is 5.91 Å². The lowest BCUT2D eigenvalue weighted by molar-refractivity contribution is -0.128. The van der Waals surface area contributed by atoms with Gasteiger partial charge in [-0.15, -0.1) is 11.8 Å². The van der Waals surface area contributed by atoms with E-state index >= 15 is 0 Å². The molecule has 4 rings (SSSR count). The zero-order valence-corrected chi connectivity index (χ0v) is 21.6. The van der Waals surface area contributed by atoms with E-state index in [-0.39, 0.29) is 17.2 Å². The Bertz CT molecular complexity index is 1150. The van der Waals surface area contributed by atoms with E-state index in [1.165, 1.54) is 5.69 Å². The predicted octanol–water partition coefficient (Wildman–Crippen LogP) is 5.89. The van der Waals surface area contributed by atoms with Crippen molar-refractivity contribution in [3.63, 3.8) is 0 Å². The second-order valence-corrected chi connectivity index (χ2v) is 9.96. The summed E-state index contributed by atoms with van der Waals surface area (Å²) in [4.78, 5) is 29.4. The Kier molecular flexibility index (Phi) is 8.37. The standard InChI is InChI=1S/C28H30ClN3O2S/c1-3-31(4-2)25-15-7-20(8-16-25)17-30-27(34)22-9-11-23(12-10-22)28-32(26(33)19-35-28)18-21-5-13-24(29)14-6-21/h5-16,28H,3-4,17-19H2,1-2H3,(H,30,34). The van der Waals surface area contributed by atoms with E-state index < -0.39 is 0 Å². The number of hydrogen-bond acceptors (Lipinski definition) is 4. The zero-order valence-electron chi connectivity index (χ0n) is 20.0. The van der Waals surface area contributed by atoms with Crippen molar-refractivity contribution < 1.29 is 9.59 Å². The monoisotopic (exact) mass is 507 g/mol. The molecule has 0 saturated carbocycles. The van der Waals surface area contributed by atoms with Crippen LogP contribution < -0.4 is 10.2 Å². The zero-order chi connectivity index (χ0) is 24.8. The van der Waals surface area contributed by atoms with Crippen molar-refractivity contribution in [3.8, 4) is 0 Å². The van der Waals surface area contributed by atoms with Gasteiger partial charge in [0.1, 0.15) is 5.37 Å². The Morgan fingerprint density at radius 2 is 1.60 bits per heavy atom. The van der Waals surface area contributed by atoms with Gasteiger partial charge in [-0.2, -0.15) is 0 Å². The Morgan fingerprint density at radius 1 is 0.971 bits per heavy atom. The molecule has 2 amide bonds. The molecule has 7 heteroatoms. The van der Waals surface area contributed by atoms with Crippen molar-refractivity contribution in [2.75, 3.05) is 23.7 Å². The van der Waals surface area contributed by atoms with Crippen LogP contribution in [-0.4, -0.2) is 35.6 Å². The molecule has 1 aliphatic rings. The molecular weight excluding hydrogens is 478 g/mol. The first-order valence-corrected chi connectivity index (χ1v) is 13.3. The fourth-order valence-corrected chi connectivity index (χ4v) is 5.50. The second-order valence-electron chi connectivity index (χ2n) is 8.45. The van der Waals surface area contributed by atoms with E-state index in [0.717, 1.165) is 29.8 Å². The van der Waals surface area contributed by atoms with Crippen LogP contribution in [0.4, 0.5) is 5.69 Å². The number of carbonyl (C=O) groups is 2. The third-order valence-corrected chi connectivity index (χ3v) is 7.72. The van der Waals surface area contributed by atoms with Gasteiger partial charge in [-0.05, 0) is 66.9 Å². The van der Waals surface area contributed by atoms with Crippen molar-refractivity contribution in [1.82, 2.24) is 10.2 Å². The third-order valence-electron chi connectivity index (χ3n) is 6.21. The molecule has 1 unspecified atom stereocenters. The largest absolute Gasteiger partial charge is 0.372 e. The summed E-state index contributed by atoms with van der Waals surface area (Å²) in [7, 11) is 0. The number of anilines is 1. The van der Waals surface area contributed by atoms with Gasteiger partial charge in [-0.3, -0.25) is 9.59 Å². The molecule has 3 aromatic carbocycles. The molecule has 0 radical (unpaired) electrons. The summed E-state index contributed by atoms with van der Waals surface area (Å²) >= 11 is 7.60. The number of halogens is 1. The average Bonchev–Trinajstić information content (AvgIpc) is 3.25. The number of rotatable bonds is 9. The molecule has 0 spiro atoms. The van der Waals surface area contributed by atoms with Gasteiger partial charge in [-0.25, -0.2) is 0 Å². The summed E-state index contributed by atoms with van der Waals surface area (Å²) in [5.74, 6) is 0.453. The first-order chi connectivity index (χ1) is 17.0. The number of hydrogen-bond donors (Lipinski definition) is 1. The maximum absolute atomic E-state index is 12.7. The van der Waals surface area contributed by atoms with Gasteiger partial charge in [0.2, 0.25) is 5.91 Å². The van der Waals surface area contributed by atoms with Crippen molar-refractivity contribution in [2.45, 2.75) is 32.3 Å². The van der Waals surface area contributed by atoms with Gasteiger partial charge in [0.05, 0.1) is 5.75 Å². The summed E-state index contributed by atoms with van der Waals surface area (Å²) in [5, 5.41) is 3.61. The van der Waals surface area contributed by atoms with E-state index in [9.17, 15) is 9.59 Å². The molecule has 1 heterocycles. The normalized spacial score (nSPS) is 15.3. The number of nitrogens with zero attached hydrogens (tertiary/aromatic N) is 2. The maximum Gasteiger partial charge on any atom is 0.251 e. The van der Waals surface area contributed by atoms with Crippen LogP contribution >= 0.6 is 23.4 Å². The first-order valence-electron chi connectivity index (χ1n) is 11.9. The van der Waals surface area contributed by atoms with Gasteiger partial charge in [0, 0.05) is 42.5 Å². The lowest BCUT2D eigenvalue weighted by Crippen LogP contribution is -2.27. The molecule has 1 N–H and O–H groups in total. The highest BCUT2D eigenvalue weighted by Crippen LogP contribution is 2.39. The second kappa shape index (κ2) is 11.6. The van der Waals surface area contributed by atoms with Gasteiger partial charge < -0.3 is 15.1 Å². The summed E-state index contributed by atoms with van der Waals surface area (Å²) in [6.45, 7) is 7.22. The van der Waals surface area contributed by atoms with Crippen LogP contribution in [0, 0.1) is 0 Å². The Morgan fingerprint density at radius 3 is 2.23 bits per heavy atom. The van der Waals surface area contributed by atoms with E-state index in [2.05, 4.69) is 48.3 Å². The lowest BCUT2D eigenvalue weighted by Gasteiger charge is -2.24. The molecule has 35 heavy (non-hydrogen) atoms. The number of benzene rings is 3. The smallest absolute Gasteiger partial charge is 0.251 e. The third kappa shape index (κ3) is 6.19. The van der Waals surface area contributed by atoms with E-state index in [1.807, 2.05) is 53.4 Å². The van der Waals surface area contributed by atoms with Gasteiger partial charge >= 0.3 is 0 Å². The predicted molar refractivity (Wildman–Crippen MR) is 145 cm³/mol. The van der Waals surface area contributed by atoms with Crippen molar-refractivity contribution >= 4 is 40.9 Å². The van der Waals surface area contributed by atoms with Crippen molar-refractivity contribution in [1.29, 1.82) is 0 Å². The summed E-state index contributed by atoms with van der Waals surface area (Å²) in [5.41, 5.74) is 4.90. The fraction of sp³-hybridized carbons (Fsp3) is 0.286. The number of carbonyl (C=O) groups excluding carboxylic acids is 2. The van der Waals surface area contributed by atoms with Crippen LogP contribution in [0.5, 0.6) is 0 Å². The minimum Gasteiger partial charge on any atom is -0.372 e. The minimum absolute atomic E-state index is 0.0698. The molecule has 182 valence electrons. The Labute approximate surface area is 216 Å². The van der Waals surface area contributed by atoms with E-state index in [4.69, 9.17) is 11.6 Å².